The van der Waals surface area contributed by atoms with Crippen LogP contribution in [-0.4, -0.2) is 36.4 Å². The van der Waals surface area contributed by atoms with E-state index in [4.69, 9.17) is 9.31 Å². The summed E-state index contributed by atoms with van der Waals surface area (Å²) in [6.07, 6.45) is 0. The molecule has 1 aromatic heterocycles. The molecule has 1 saturated heterocycles. The van der Waals surface area contributed by atoms with Gasteiger partial charge in [0.25, 0.3) is 0 Å². The third-order valence-electron chi connectivity index (χ3n) is 3.66. The Morgan fingerprint density at radius 1 is 1.21 bits per heavy atom. The first-order valence-electron chi connectivity index (χ1n) is 6.18. The number of rotatable bonds is 2. The second-order valence-corrected chi connectivity index (χ2v) is 5.53. The molecule has 0 unspecified atom stereocenters. The Bertz CT molecular complexity index is 485. The fourth-order valence-electron chi connectivity index (χ4n) is 1.76. The number of nitrogens with zero attached hydrogens (tertiary/aromatic N) is 1. The zero-order valence-electron chi connectivity index (χ0n) is 11.9. The molecule has 2 heterocycles. The molecule has 0 aromatic carbocycles. The van der Waals surface area contributed by atoms with Crippen LogP contribution in [0.5, 0.6) is 0 Å². The van der Waals surface area contributed by atoms with Crippen molar-refractivity contribution in [1.29, 1.82) is 0 Å². The molecule has 0 aliphatic carbocycles. The van der Waals surface area contributed by atoms with E-state index in [1.807, 2.05) is 27.7 Å². The van der Waals surface area contributed by atoms with Crippen LogP contribution in [0.2, 0.25) is 0 Å². The lowest BCUT2D eigenvalue weighted by Gasteiger charge is -2.32. The van der Waals surface area contributed by atoms with Crippen LogP contribution in [0, 0.1) is 0 Å². The summed E-state index contributed by atoms with van der Waals surface area (Å²) in [5.74, 6) is -0.474. The minimum Gasteiger partial charge on any atom is -0.464 e. The monoisotopic (exact) mass is 263 g/mol. The molecule has 6 heteroatoms. The molecular formula is C13H18BNO4. The first kappa shape index (κ1) is 14.0. The number of methoxy groups -OCH3 is 1. The van der Waals surface area contributed by atoms with Crippen LogP contribution in [-0.2, 0) is 14.0 Å². The molecule has 1 aliphatic rings. The van der Waals surface area contributed by atoms with Crippen LogP contribution in [0.15, 0.2) is 18.2 Å². The Balaban J connectivity index is 2.27. The predicted octanol–water partition coefficient (Wildman–Crippen LogP) is 1.17. The molecule has 1 aliphatic heterocycles. The molecule has 1 fully saturated rings. The Morgan fingerprint density at radius 2 is 1.79 bits per heavy atom. The van der Waals surface area contributed by atoms with Gasteiger partial charge in [-0.3, -0.25) is 0 Å². The van der Waals surface area contributed by atoms with E-state index in [0.29, 0.717) is 5.59 Å². The average molecular weight is 263 g/mol. The van der Waals surface area contributed by atoms with Gasteiger partial charge in [-0.2, -0.15) is 0 Å². The highest BCUT2D eigenvalue weighted by Gasteiger charge is 2.52. The minimum atomic E-state index is -0.574. The van der Waals surface area contributed by atoms with E-state index in [-0.39, 0.29) is 5.69 Å². The number of hydrogen-bond acceptors (Lipinski definition) is 5. The first-order valence-corrected chi connectivity index (χ1v) is 6.18. The van der Waals surface area contributed by atoms with Crippen molar-refractivity contribution in [3.05, 3.63) is 23.9 Å². The van der Waals surface area contributed by atoms with Crippen molar-refractivity contribution in [2.24, 2.45) is 0 Å². The average Bonchev–Trinajstić information content (AvgIpc) is 2.58. The van der Waals surface area contributed by atoms with E-state index in [0.717, 1.165) is 0 Å². The number of pyridine rings is 1. The summed E-state index contributed by atoms with van der Waals surface area (Å²) in [5, 5.41) is 0. The molecule has 1 aromatic rings. The lowest BCUT2D eigenvalue weighted by atomic mass is 9.84. The van der Waals surface area contributed by atoms with E-state index in [1.165, 1.54) is 7.11 Å². The normalized spacial score (nSPS) is 20.4. The maximum absolute atomic E-state index is 11.5. The van der Waals surface area contributed by atoms with Crippen LogP contribution in [0.4, 0.5) is 0 Å². The second-order valence-electron chi connectivity index (χ2n) is 5.53. The Morgan fingerprint density at radius 3 is 2.32 bits per heavy atom. The summed E-state index contributed by atoms with van der Waals surface area (Å²) in [6.45, 7) is 7.88. The van der Waals surface area contributed by atoms with Crippen molar-refractivity contribution < 1.29 is 18.8 Å². The molecule has 0 amide bonds. The van der Waals surface area contributed by atoms with Gasteiger partial charge in [-0.15, -0.1) is 0 Å². The molecule has 2 rings (SSSR count). The second kappa shape index (κ2) is 4.61. The molecule has 0 N–H and O–H groups in total. The van der Waals surface area contributed by atoms with Gasteiger partial charge in [-0.1, -0.05) is 6.07 Å². The van der Waals surface area contributed by atoms with Crippen LogP contribution in [0.1, 0.15) is 38.2 Å². The summed E-state index contributed by atoms with van der Waals surface area (Å²) in [7, 11) is 0.750. The number of carbonyl (C=O) groups excluding carboxylic acids is 1. The summed E-state index contributed by atoms with van der Waals surface area (Å²) < 4.78 is 16.4. The quantitative estimate of drug-likeness (QED) is 0.592. The highest BCUT2D eigenvalue weighted by atomic mass is 16.7. The topological polar surface area (TPSA) is 57.7 Å². The van der Waals surface area contributed by atoms with Crippen molar-refractivity contribution in [3.8, 4) is 0 Å². The molecule has 0 saturated carbocycles. The SMILES string of the molecule is COC(=O)c1cccc(B2OC(C)(C)C(C)(C)O2)n1. The smallest absolute Gasteiger partial charge is 0.464 e. The Hall–Kier alpha value is -1.40. The lowest BCUT2D eigenvalue weighted by Crippen LogP contribution is -2.41. The third kappa shape index (κ3) is 2.50. The molecule has 0 atom stereocenters. The fraction of sp³-hybridized carbons (Fsp3) is 0.538. The van der Waals surface area contributed by atoms with Gasteiger partial charge in [0.05, 0.1) is 23.9 Å². The molecule has 0 spiro atoms. The number of hydrogen-bond donors (Lipinski definition) is 0. The molecule has 5 nitrogen and oxygen atoms in total. The summed E-state index contributed by atoms with van der Waals surface area (Å²) >= 11 is 0. The fourth-order valence-corrected chi connectivity index (χ4v) is 1.76. The zero-order chi connectivity index (χ0) is 14.3. The standard InChI is InChI=1S/C13H18BNO4/c1-12(2)13(3,4)19-14(18-12)10-8-6-7-9(15-10)11(16)17-5/h6-8H,1-5H3. The van der Waals surface area contributed by atoms with Crippen LogP contribution >= 0.6 is 0 Å². The van der Waals surface area contributed by atoms with Crippen molar-refractivity contribution in [2.45, 2.75) is 38.9 Å². The zero-order valence-corrected chi connectivity index (χ0v) is 11.9. The van der Waals surface area contributed by atoms with Gasteiger partial charge in [0.1, 0.15) is 5.69 Å². The van der Waals surface area contributed by atoms with Crippen LogP contribution in [0.25, 0.3) is 0 Å². The molecule has 102 valence electrons. The van der Waals surface area contributed by atoms with Crippen LogP contribution in [0.3, 0.4) is 0 Å². The van der Waals surface area contributed by atoms with E-state index in [9.17, 15) is 4.79 Å². The molecule has 0 radical (unpaired) electrons. The molecule has 19 heavy (non-hydrogen) atoms. The predicted molar refractivity (Wildman–Crippen MR) is 71.3 cm³/mol. The summed E-state index contributed by atoms with van der Waals surface area (Å²) in [4.78, 5) is 15.7. The number of aromatic nitrogens is 1. The van der Waals surface area contributed by atoms with Gasteiger partial charge in [0, 0.05) is 0 Å². The maximum atomic E-state index is 11.5. The van der Waals surface area contributed by atoms with Gasteiger partial charge >= 0.3 is 13.1 Å². The summed E-state index contributed by atoms with van der Waals surface area (Å²) in [6, 6.07) is 5.11. The van der Waals surface area contributed by atoms with E-state index >= 15 is 0 Å². The third-order valence-corrected chi connectivity index (χ3v) is 3.66. The first-order chi connectivity index (χ1) is 8.77. The van der Waals surface area contributed by atoms with Gasteiger partial charge in [0.15, 0.2) is 0 Å². The van der Waals surface area contributed by atoms with Gasteiger partial charge in [0.2, 0.25) is 0 Å². The number of esters is 1. The van der Waals surface area contributed by atoms with Crippen molar-refractivity contribution >= 4 is 18.7 Å². The molecule has 0 bridgehead atoms. The van der Waals surface area contributed by atoms with E-state index < -0.39 is 24.3 Å². The Labute approximate surface area is 113 Å². The Kier molecular flexibility index (Phi) is 3.41. The molecular weight excluding hydrogens is 245 g/mol. The van der Waals surface area contributed by atoms with Crippen molar-refractivity contribution in [1.82, 2.24) is 4.98 Å². The van der Waals surface area contributed by atoms with Crippen LogP contribution < -0.4 is 5.59 Å². The number of carbonyl (C=O) groups is 1. The summed E-state index contributed by atoms with van der Waals surface area (Å²) in [5.41, 5.74) is -0.0439. The van der Waals surface area contributed by atoms with Gasteiger partial charge in [-0.25, -0.2) is 9.78 Å². The number of ether oxygens (including phenoxy) is 1. The van der Waals surface area contributed by atoms with E-state index in [2.05, 4.69) is 9.72 Å². The van der Waals surface area contributed by atoms with Crippen molar-refractivity contribution in [2.75, 3.05) is 7.11 Å². The van der Waals surface area contributed by atoms with Gasteiger partial charge in [-0.05, 0) is 39.8 Å². The minimum absolute atomic E-state index is 0.245. The van der Waals surface area contributed by atoms with Crippen molar-refractivity contribution in [3.63, 3.8) is 0 Å². The highest BCUT2D eigenvalue weighted by Crippen LogP contribution is 2.36. The largest absolute Gasteiger partial charge is 0.514 e. The van der Waals surface area contributed by atoms with Gasteiger partial charge < -0.3 is 14.0 Å². The lowest BCUT2D eigenvalue weighted by molar-refractivity contribution is 0.00578. The van der Waals surface area contributed by atoms with E-state index in [1.54, 1.807) is 18.2 Å². The highest BCUT2D eigenvalue weighted by molar-refractivity contribution is 6.61. The maximum Gasteiger partial charge on any atom is 0.514 e.